The Balaban J connectivity index is 2.53. The molecule has 0 heterocycles. The minimum Gasteiger partial charge on any atom is -0.392 e. The van der Waals surface area contributed by atoms with Gasteiger partial charge in [0, 0.05) is 13.1 Å². The second kappa shape index (κ2) is 5.08. The summed E-state index contributed by atoms with van der Waals surface area (Å²) in [7, 11) is 0. The molecule has 0 radical (unpaired) electrons. The zero-order chi connectivity index (χ0) is 10.6. The summed E-state index contributed by atoms with van der Waals surface area (Å²) in [6, 6.07) is 4.73. The van der Waals surface area contributed by atoms with Crippen molar-refractivity contribution in [3.63, 3.8) is 0 Å². The average Bonchev–Trinajstić information content (AvgIpc) is 2.10. The second-order valence-corrected chi connectivity index (χ2v) is 3.55. The maximum Gasteiger partial charge on any atom is 0.123 e. The van der Waals surface area contributed by atoms with Crippen LogP contribution < -0.4 is 5.32 Å². The highest BCUT2D eigenvalue weighted by molar-refractivity contribution is 5.26. The maximum absolute atomic E-state index is 12.9. The first-order valence-electron chi connectivity index (χ1n) is 4.73. The quantitative estimate of drug-likeness (QED) is 0.768. The van der Waals surface area contributed by atoms with Gasteiger partial charge in [0.1, 0.15) is 5.82 Å². The Hall–Kier alpha value is -0.930. The highest BCUT2D eigenvalue weighted by Crippen LogP contribution is 2.09. The van der Waals surface area contributed by atoms with E-state index in [1.54, 1.807) is 13.0 Å². The summed E-state index contributed by atoms with van der Waals surface area (Å²) in [6.45, 7) is 4.77. The molecule has 78 valence electrons. The minimum absolute atomic E-state index is 0.218. The van der Waals surface area contributed by atoms with Crippen molar-refractivity contribution < 1.29 is 9.50 Å². The van der Waals surface area contributed by atoms with Crippen LogP contribution in [0, 0.1) is 12.7 Å². The molecule has 3 heteroatoms. The topological polar surface area (TPSA) is 32.3 Å². The monoisotopic (exact) mass is 197 g/mol. The van der Waals surface area contributed by atoms with Crippen molar-refractivity contribution in [2.75, 3.05) is 6.54 Å². The maximum atomic E-state index is 12.9. The van der Waals surface area contributed by atoms with Crippen LogP contribution in [0.5, 0.6) is 0 Å². The van der Waals surface area contributed by atoms with Crippen LogP contribution in [0.1, 0.15) is 18.1 Å². The lowest BCUT2D eigenvalue weighted by molar-refractivity contribution is 0.191. The SMILES string of the molecule is Cc1ccc(F)cc1CNC[C@H](C)O. The van der Waals surface area contributed by atoms with Gasteiger partial charge in [-0.05, 0) is 37.1 Å². The molecule has 0 unspecified atom stereocenters. The third-order valence-corrected chi connectivity index (χ3v) is 2.07. The van der Waals surface area contributed by atoms with E-state index in [-0.39, 0.29) is 11.9 Å². The zero-order valence-electron chi connectivity index (χ0n) is 8.55. The Morgan fingerprint density at radius 2 is 2.21 bits per heavy atom. The Morgan fingerprint density at radius 3 is 2.86 bits per heavy atom. The fourth-order valence-corrected chi connectivity index (χ4v) is 1.25. The lowest BCUT2D eigenvalue weighted by Crippen LogP contribution is -2.24. The van der Waals surface area contributed by atoms with Gasteiger partial charge < -0.3 is 10.4 Å². The lowest BCUT2D eigenvalue weighted by Gasteiger charge is -2.09. The van der Waals surface area contributed by atoms with E-state index in [0.29, 0.717) is 13.1 Å². The number of rotatable bonds is 4. The molecular formula is C11H16FNO. The van der Waals surface area contributed by atoms with Gasteiger partial charge in [0.25, 0.3) is 0 Å². The standard InChI is InChI=1S/C11H16FNO/c1-8-3-4-11(12)5-10(8)7-13-6-9(2)14/h3-5,9,13-14H,6-7H2,1-2H3/t9-/m0/s1. The van der Waals surface area contributed by atoms with Crippen molar-refractivity contribution in [2.24, 2.45) is 0 Å². The number of hydrogen-bond acceptors (Lipinski definition) is 2. The van der Waals surface area contributed by atoms with E-state index in [2.05, 4.69) is 5.32 Å². The molecule has 0 aliphatic rings. The molecule has 2 nitrogen and oxygen atoms in total. The van der Waals surface area contributed by atoms with E-state index < -0.39 is 0 Å². The van der Waals surface area contributed by atoms with Gasteiger partial charge in [-0.2, -0.15) is 0 Å². The largest absolute Gasteiger partial charge is 0.392 e. The summed E-state index contributed by atoms with van der Waals surface area (Å²) in [4.78, 5) is 0. The number of benzene rings is 1. The van der Waals surface area contributed by atoms with Crippen LogP contribution in [-0.4, -0.2) is 17.8 Å². The molecule has 0 saturated carbocycles. The van der Waals surface area contributed by atoms with Gasteiger partial charge >= 0.3 is 0 Å². The number of aliphatic hydroxyl groups is 1. The highest BCUT2D eigenvalue weighted by atomic mass is 19.1. The highest BCUT2D eigenvalue weighted by Gasteiger charge is 2.00. The van der Waals surface area contributed by atoms with Crippen LogP contribution in [0.15, 0.2) is 18.2 Å². The van der Waals surface area contributed by atoms with Gasteiger partial charge in [-0.1, -0.05) is 6.07 Å². The van der Waals surface area contributed by atoms with Crippen LogP contribution >= 0.6 is 0 Å². The van der Waals surface area contributed by atoms with Gasteiger partial charge in [0.15, 0.2) is 0 Å². The third kappa shape index (κ3) is 3.44. The van der Waals surface area contributed by atoms with E-state index in [1.807, 2.05) is 6.92 Å². The Labute approximate surface area is 83.8 Å². The van der Waals surface area contributed by atoms with Crippen LogP contribution in [-0.2, 0) is 6.54 Å². The molecule has 0 fully saturated rings. The molecule has 0 aliphatic heterocycles. The Kier molecular flexibility index (Phi) is 4.04. The number of aryl methyl sites for hydroxylation is 1. The average molecular weight is 197 g/mol. The van der Waals surface area contributed by atoms with Crippen LogP contribution in [0.25, 0.3) is 0 Å². The minimum atomic E-state index is -0.371. The van der Waals surface area contributed by atoms with Crippen LogP contribution in [0.2, 0.25) is 0 Å². The second-order valence-electron chi connectivity index (χ2n) is 3.55. The first kappa shape index (κ1) is 11.1. The van der Waals surface area contributed by atoms with Gasteiger partial charge in [-0.15, -0.1) is 0 Å². The van der Waals surface area contributed by atoms with Crippen molar-refractivity contribution in [1.82, 2.24) is 5.32 Å². The first-order chi connectivity index (χ1) is 6.59. The van der Waals surface area contributed by atoms with Gasteiger partial charge in [0.05, 0.1) is 6.10 Å². The summed E-state index contributed by atoms with van der Waals surface area (Å²) >= 11 is 0. The smallest absolute Gasteiger partial charge is 0.123 e. The lowest BCUT2D eigenvalue weighted by atomic mass is 10.1. The Morgan fingerprint density at radius 1 is 1.50 bits per heavy atom. The van der Waals surface area contributed by atoms with Crippen LogP contribution in [0.3, 0.4) is 0 Å². The van der Waals surface area contributed by atoms with Crippen LogP contribution in [0.4, 0.5) is 4.39 Å². The van der Waals surface area contributed by atoms with E-state index >= 15 is 0 Å². The number of nitrogens with one attached hydrogen (secondary N) is 1. The van der Waals surface area contributed by atoms with E-state index in [1.165, 1.54) is 12.1 Å². The molecular weight excluding hydrogens is 181 g/mol. The number of aliphatic hydroxyl groups excluding tert-OH is 1. The molecule has 14 heavy (non-hydrogen) atoms. The molecule has 0 spiro atoms. The van der Waals surface area contributed by atoms with Crippen molar-refractivity contribution in [1.29, 1.82) is 0 Å². The van der Waals surface area contributed by atoms with E-state index in [4.69, 9.17) is 5.11 Å². The number of halogens is 1. The third-order valence-electron chi connectivity index (χ3n) is 2.07. The molecule has 1 atom stereocenters. The predicted octanol–water partition coefficient (Wildman–Crippen LogP) is 1.60. The molecule has 0 aromatic heterocycles. The zero-order valence-corrected chi connectivity index (χ0v) is 8.55. The summed E-state index contributed by atoms with van der Waals surface area (Å²) in [6.07, 6.45) is -0.371. The van der Waals surface area contributed by atoms with Crippen molar-refractivity contribution in [3.8, 4) is 0 Å². The summed E-state index contributed by atoms with van der Waals surface area (Å²) in [5, 5.41) is 12.1. The predicted molar refractivity (Wildman–Crippen MR) is 54.5 cm³/mol. The van der Waals surface area contributed by atoms with Gasteiger partial charge in [-0.25, -0.2) is 4.39 Å². The Bertz CT molecular complexity index is 299. The summed E-state index contributed by atoms with van der Waals surface area (Å²) in [5.74, 6) is -0.218. The first-order valence-corrected chi connectivity index (χ1v) is 4.73. The molecule has 0 saturated heterocycles. The van der Waals surface area contributed by atoms with Gasteiger partial charge in [0.2, 0.25) is 0 Å². The summed E-state index contributed by atoms with van der Waals surface area (Å²) < 4.78 is 12.9. The summed E-state index contributed by atoms with van der Waals surface area (Å²) in [5.41, 5.74) is 2.00. The molecule has 0 amide bonds. The molecule has 1 aromatic rings. The number of hydrogen-bond donors (Lipinski definition) is 2. The van der Waals surface area contributed by atoms with Crippen molar-refractivity contribution >= 4 is 0 Å². The molecule has 1 rings (SSSR count). The van der Waals surface area contributed by atoms with E-state index in [9.17, 15) is 4.39 Å². The van der Waals surface area contributed by atoms with Crippen molar-refractivity contribution in [2.45, 2.75) is 26.5 Å². The normalized spacial score (nSPS) is 12.9. The molecule has 2 N–H and O–H groups in total. The fourth-order valence-electron chi connectivity index (χ4n) is 1.25. The molecule has 0 bridgehead atoms. The molecule has 0 aliphatic carbocycles. The fraction of sp³-hybridized carbons (Fsp3) is 0.455. The van der Waals surface area contributed by atoms with Gasteiger partial charge in [-0.3, -0.25) is 0 Å². The van der Waals surface area contributed by atoms with E-state index in [0.717, 1.165) is 11.1 Å². The van der Waals surface area contributed by atoms with Crippen molar-refractivity contribution in [3.05, 3.63) is 35.1 Å². The molecule has 1 aromatic carbocycles.